The summed E-state index contributed by atoms with van der Waals surface area (Å²) in [5, 5.41) is 0. The van der Waals surface area contributed by atoms with Crippen LogP contribution in [0.1, 0.15) is 12.5 Å². The molecule has 0 aliphatic rings. The van der Waals surface area contributed by atoms with Gasteiger partial charge in [-0.3, -0.25) is 0 Å². The third-order valence-corrected chi connectivity index (χ3v) is 1.63. The molecule has 0 bridgehead atoms. The van der Waals surface area contributed by atoms with E-state index in [1.54, 1.807) is 13.0 Å². The molecule has 0 aliphatic heterocycles. The van der Waals surface area contributed by atoms with Crippen molar-refractivity contribution < 1.29 is 9.53 Å². The lowest BCUT2D eigenvalue weighted by Crippen LogP contribution is -2.14. The van der Waals surface area contributed by atoms with E-state index < -0.39 is 5.97 Å². The number of hydrogen-bond donors (Lipinski definition) is 1. The number of nitrogens with two attached hydrogens (primary N) is 1. The number of rotatable bonds is 3. The van der Waals surface area contributed by atoms with E-state index in [1.165, 1.54) is 0 Å². The van der Waals surface area contributed by atoms with E-state index in [0.29, 0.717) is 6.61 Å². The molecular formula is C11H13NO2. The van der Waals surface area contributed by atoms with Crippen LogP contribution < -0.4 is 5.73 Å². The Bertz CT molecular complexity index is 330. The second kappa shape index (κ2) is 5.07. The average molecular weight is 191 g/mol. The van der Waals surface area contributed by atoms with Crippen LogP contribution in [0, 0.1) is 0 Å². The Labute approximate surface area is 83.2 Å². The first-order valence-electron chi connectivity index (χ1n) is 4.43. The first kappa shape index (κ1) is 10.3. The number of carbonyl (C=O) groups is 1. The van der Waals surface area contributed by atoms with Crippen LogP contribution in [-0.4, -0.2) is 12.6 Å². The third-order valence-electron chi connectivity index (χ3n) is 1.63. The Kier molecular flexibility index (Phi) is 3.73. The van der Waals surface area contributed by atoms with Crippen molar-refractivity contribution in [2.45, 2.75) is 6.92 Å². The van der Waals surface area contributed by atoms with Gasteiger partial charge in [-0.15, -0.1) is 0 Å². The van der Waals surface area contributed by atoms with E-state index in [0.717, 1.165) is 5.56 Å². The molecule has 0 aromatic heterocycles. The minimum atomic E-state index is -0.476. The van der Waals surface area contributed by atoms with Crippen molar-refractivity contribution in [2.24, 2.45) is 5.73 Å². The summed E-state index contributed by atoms with van der Waals surface area (Å²) in [5.74, 6) is -0.476. The van der Waals surface area contributed by atoms with Gasteiger partial charge in [0.1, 0.15) is 5.70 Å². The summed E-state index contributed by atoms with van der Waals surface area (Å²) in [6.45, 7) is 2.08. The van der Waals surface area contributed by atoms with Crippen LogP contribution in [0.15, 0.2) is 36.0 Å². The lowest BCUT2D eigenvalue weighted by molar-refractivity contribution is -0.138. The predicted molar refractivity (Wildman–Crippen MR) is 55.2 cm³/mol. The van der Waals surface area contributed by atoms with Crippen LogP contribution in [0.3, 0.4) is 0 Å². The van der Waals surface area contributed by atoms with E-state index in [4.69, 9.17) is 10.5 Å². The van der Waals surface area contributed by atoms with Gasteiger partial charge >= 0.3 is 5.97 Å². The summed E-state index contributed by atoms with van der Waals surface area (Å²) in [5.41, 5.74) is 6.53. The highest BCUT2D eigenvalue weighted by Crippen LogP contribution is 2.03. The lowest BCUT2D eigenvalue weighted by atomic mass is 10.2. The summed E-state index contributed by atoms with van der Waals surface area (Å²) in [7, 11) is 0. The molecule has 0 radical (unpaired) electrons. The molecule has 0 atom stereocenters. The maximum absolute atomic E-state index is 11.1. The zero-order valence-corrected chi connectivity index (χ0v) is 8.07. The topological polar surface area (TPSA) is 52.3 Å². The molecule has 0 aliphatic carbocycles. The summed E-state index contributed by atoms with van der Waals surface area (Å²) in [6, 6.07) is 9.39. The molecule has 0 spiro atoms. The molecular weight excluding hydrogens is 178 g/mol. The first-order valence-corrected chi connectivity index (χ1v) is 4.43. The summed E-state index contributed by atoms with van der Waals surface area (Å²) >= 11 is 0. The van der Waals surface area contributed by atoms with Crippen molar-refractivity contribution in [1.82, 2.24) is 0 Å². The highest BCUT2D eigenvalue weighted by atomic mass is 16.5. The van der Waals surface area contributed by atoms with E-state index in [-0.39, 0.29) is 5.70 Å². The van der Waals surface area contributed by atoms with Crippen molar-refractivity contribution in [3.05, 3.63) is 41.6 Å². The van der Waals surface area contributed by atoms with Gasteiger partial charge in [0, 0.05) is 0 Å². The van der Waals surface area contributed by atoms with Gasteiger partial charge in [-0.05, 0) is 18.6 Å². The fourth-order valence-corrected chi connectivity index (χ4v) is 1.00. The summed E-state index contributed by atoms with van der Waals surface area (Å²) in [4.78, 5) is 11.1. The van der Waals surface area contributed by atoms with Crippen LogP contribution in [0.5, 0.6) is 0 Å². The molecule has 0 amide bonds. The zero-order chi connectivity index (χ0) is 10.4. The Morgan fingerprint density at radius 3 is 2.64 bits per heavy atom. The van der Waals surface area contributed by atoms with Crippen molar-refractivity contribution >= 4 is 12.0 Å². The largest absolute Gasteiger partial charge is 0.461 e. The van der Waals surface area contributed by atoms with Crippen LogP contribution in [-0.2, 0) is 9.53 Å². The van der Waals surface area contributed by atoms with E-state index in [1.807, 2.05) is 30.3 Å². The van der Waals surface area contributed by atoms with Gasteiger partial charge in [0.25, 0.3) is 0 Å². The molecule has 0 saturated carbocycles. The van der Waals surface area contributed by atoms with Crippen LogP contribution in [0.4, 0.5) is 0 Å². The number of esters is 1. The number of carbonyl (C=O) groups excluding carboxylic acids is 1. The molecule has 3 nitrogen and oxygen atoms in total. The molecule has 0 unspecified atom stereocenters. The van der Waals surface area contributed by atoms with Gasteiger partial charge in [0.15, 0.2) is 0 Å². The maximum Gasteiger partial charge on any atom is 0.354 e. The number of benzene rings is 1. The Morgan fingerprint density at radius 1 is 1.43 bits per heavy atom. The fraction of sp³-hybridized carbons (Fsp3) is 0.182. The van der Waals surface area contributed by atoms with Gasteiger partial charge in [-0.1, -0.05) is 30.3 Å². The molecule has 1 aromatic rings. The monoisotopic (exact) mass is 191 g/mol. The Balaban J connectivity index is 2.74. The minimum Gasteiger partial charge on any atom is -0.461 e. The molecule has 2 N–H and O–H groups in total. The highest BCUT2D eigenvalue weighted by molar-refractivity contribution is 5.92. The van der Waals surface area contributed by atoms with E-state index >= 15 is 0 Å². The van der Waals surface area contributed by atoms with Gasteiger partial charge < -0.3 is 10.5 Å². The standard InChI is InChI=1S/C11H13NO2/c1-2-14-11(13)10(12)8-9-6-4-3-5-7-9/h3-8H,2,12H2,1H3/b10-8+. The predicted octanol–water partition coefficient (Wildman–Crippen LogP) is 1.55. The molecule has 0 heterocycles. The molecule has 3 heteroatoms. The number of ether oxygens (including phenoxy) is 1. The highest BCUT2D eigenvalue weighted by Gasteiger charge is 2.04. The average Bonchev–Trinajstić information content (AvgIpc) is 2.19. The SMILES string of the molecule is CCOC(=O)/C(N)=C\c1ccccc1. The summed E-state index contributed by atoms with van der Waals surface area (Å²) < 4.78 is 4.74. The quantitative estimate of drug-likeness (QED) is 0.582. The van der Waals surface area contributed by atoms with Crippen molar-refractivity contribution in [3.63, 3.8) is 0 Å². The Morgan fingerprint density at radius 2 is 2.07 bits per heavy atom. The van der Waals surface area contributed by atoms with Gasteiger partial charge in [0.2, 0.25) is 0 Å². The van der Waals surface area contributed by atoms with Crippen LogP contribution in [0.25, 0.3) is 6.08 Å². The van der Waals surface area contributed by atoms with Crippen molar-refractivity contribution in [1.29, 1.82) is 0 Å². The third kappa shape index (κ3) is 2.94. The maximum atomic E-state index is 11.1. The molecule has 0 fully saturated rings. The molecule has 14 heavy (non-hydrogen) atoms. The summed E-state index contributed by atoms with van der Waals surface area (Å²) in [6.07, 6.45) is 1.60. The van der Waals surface area contributed by atoms with Gasteiger partial charge in [0.05, 0.1) is 6.61 Å². The first-order chi connectivity index (χ1) is 6.74. The zero-order valence-electron chi connectivity index (χ0n) is 8.07. The minimum absolute atomic E-state index is 0.123. The smallest absolute Gasteiger partial charge is 0.354 e. The second-order valence-corrected chi connectivity index (χ2v) is 2.73. The van der Waals surface area contributed by atoms with Crippen molar-refractivity contribution in [3.8, 4) is 0 Å². The van der Waals surface area contributed by atoms with Crippen molar-refractivity contribution in [2.75, 3.05) is 6.61 Å². The van der Waals surface area contributed by atoms with Gasteiger partial charge in [-0.25, -0.2) is 4.79 Å². The second-order valence-electron chi connectivity index (χ2n) is 2.73. The molecule has 1 rings (SSSR count). The van der Waals surface area contributed by atoms with Crippen LogP contribution in [0.2, 0.25) is 0 Å². The molecule has 1 aromatic carbocycles. The molecule has 74 valence electrons. The lowest BCUT2D eigenvalue weighted by Gasteiger charge is -2.00. The number of hydrogen-bond acceptors (Lipinski definition) is 3. The van der Waals surface area contributed by atoms with Gasteiger partial charge in [-0.2, -0.15) is 0 Å². The van der Waals surface area contributed by atoms with E-state index in [9.17, 15) is 4.79 Å². The fourth-order valence-electron chi connectivity index (χ4n) is 1.00. The normalized spacial score (nSPS) is 11.1. The molecule has 0 saturated heterocycles. The Hall–Kier alpha value is -1.77. The van der Waals surface area contributed by atoms with Crippen LogP contribution >= 0.6 is 0 Å². The van der Waals surface area contributed by atoms with E-state index in [2.05, 4.69) is 0 Å².